The van der Waals surface area contributed by atoms with Gasteiger partial charge in [-0.05, 0) is 42.0 Å². The lowest BCUT2D eigenvalue weighted by molar-refractivity contribution is -0.130. The quantitative estimate of drug-likeness (QED) is 0.532. The van der Waals surface area contributed by atoms with Crippen LogP contribution in [-0.2, 0) is 16.1 Å². The highest BCUT2D eigenvalue weighted by molar-refractivity contribution is 6.31. The number of imide groups is 2. The number of amides is 4. The minimum atomic E-state index is -0.781. The van der Waals surface area contributed by atoms with Crippen LogP contribution in [0.5, 0.6) is 5.75 Å². The number of ether oxygens (including phenoxy) is 1. The Labute approximate surface area is 166 Å². The van der Waals surface area contributed by atoms with Gasteiger partial charge in [0.2, 0.25) is 0 Å². The van der Waals surface area contributed by atoms with Gasteiger partial charge in [-0.1, -0.05) is 30.3 Å². The third-order valence-corrected chi connectivity index (χ3v) is 4.60. The molecule has 3 aromatic rings. The van der Waals surface area contributed by atoms with Gasteiger partial charge in [0.05, 0.1) is 19.4 Å². The summed E-state index contributed by atoms with van der Waals surface area (Å²) < 4.78 is 10.9. The molecular formula is C22H18N2O5. The van der Waals surface area contributed by atoms with E-state index in [2.05, 4.69) is 5.32 Å². The molecule has 29 heavy (non-hydrogen) atoms. The van der Waals surface area contributed by atoms with Gasteiger partial charge < -0.3 is 9.15 Å². The first kappa shape index (κ1) is 18.5. The molecule has 4 rings (SSSR count). The summed E-state index contributed by atoms with van der Waals surface area (Å²) in [6.45, 7) is 2.21. The Morgan fingerprint density at radius 1 is 1.07 bits per heavy atom. The zero-order valence-electron chi connectivity index (χ0n) is 15.7. The van der Waals surface area contributed by atoms with E-state index in [1.165, 1.54) is 12.3 Å². The van der Waals surface area contributed by atoms with Crippen LogP contribution in [0.15, 0.2) is 64.8 Å². The number of barbiturate groups is 1. The van der Waals surface area contributed by atoms with Crippen LogP contribution < -0.4 is 10.1 Å². The van der Waals surface area contributed by atoms with E-state index in [1.807, 2.05) is 37.3 Å². The Morgan fingerprint density at radius 3 is 2.66 bits per heavy atom. The highest BCUT2D eigenvalue weighted by atomic mass is 16.5. The van der Waals surface area contributed by atoms with E-state index >= 15 is 0 Å². The second-order valence-corrected chi connectivity index (χ2v) is 6.42. The highest BCUT2D eigenvalue weighted by Crippen LogP contribution is 2.31. The minimum Gasteiger partial charge on any atom is -0.493 e. The van der Waals surface area contributed by atoms with Crippen LogP contribution in [0.3, 0.4) is 0 Å². The number of hydrogen-bond acceptors (Lipinski definition) is 5. The van der Waals surface area contributed by atoms with E-state index in [-0.39, 0.29) is 12.1 Å². The van der Waals surface area contributed by atoms with Crippen LogP contribution in [0.4, 0.5) is 4.79 Å². The zero-order valence-corrected chi connectivity index (χ0v) is 15.7. The van der Waals surface area contributed by atoms with Gasteiger partial charge in [0, 0.05) is 5.56 Å². The molecule has 0 unspecified atom stereocenters. The largest absolute Gasteiger partial charge is 0.493 e. The number of urea groups is 1. The number of fused-ring (bicyclic) bond motifs is 1. The van der Waals surface area contributed by atoms with Crippen molar-refractivity contribution in [1.82, 2.24) is 10.2 Å². The Morgan fingerprint density at radius 2 is 1.90 bits per heavy atom. The fourth-order valence-corrected chi connectivity index (χ4v) is 3.25. The average Bonchev–Trinajstić information content (AvgIpc) is 3.23. The van der Waals surface area contributed by atoms with Gasteiger partial charge >= 0.3 is 6.03 Å². The molecular weight excluding hydrogens is 372 g/mol. The number of carbonyl (C=O) groups is 3. The molecule has 1 aliphatic rings. The lowest BCUT2D eigenvalue weighted by Gasteiger charge is -2.25. The summed E-state index contributed by atoms with van der Waals surface area (Å²) in [5, 5.41) is 3.99. The average molecular weight is 390 g/mol. The number of nitrogens with one attached hydrogen (secondary N) is 1. The van der Waals surface area contributed by atoms with E-state index in [0.29, 0.717) is 23.7 Å². The van der Waals surface area contributed by atoms with Crippen molar-refractivity contribution in [1.29, 1.82) is 0 Å². The maximum atomic E-state index is 13.0. The highest BCUT2D eigenvalue weighted by Gasteiger charge is 2.36. The number of nitrogens with zero attached hydrogens (tertiary/aromatic N) is 1. The first-order chi connectivity index (χ1) is 14.1. The van der Waals surface area contributed by atoms with Crippen molar-refractivity contribution in [2.75, 3.05) is 6.61 Å². The molecule has 1 aromatic heterocycles. The summed E-state index contributed by atoms with van der Waals surface area (Å²) in [4.78, 5) is 38.6. The molecule has 7 nitrogen and oxygen atoms in total. The van der Waals surface area contributed by atoms with Gasteiger partial charge in [-0.15, -0.1) is 0 Å². The maximum Gasteiger partial charge on any atom is 0.331 e. The SMILES string of the molecule is CCOc1ccc2ccccc2c1/C=C1/C(=O)NC(=O)N(Cc2ccco2)C1=O. The van der Waals surface area contributed by atoms with Gasteiger partial charge in [-0.2, -0.15) is 0 Å². The van der Waals surface area contributed by atoms with Crippen molar-refractivity contribution < 1.29 is 23.5 Å². The molecule has 0 atom stereocenters. The number of rotatable bonds is 5. The molecule has 1 fully saturated rings. The lowest BCUT2D eigenvalue weighted by atomic mass is 10.00. The molecule has 2 heterocycles. The number of furan rings is 1. The van der Waals surface area contributed by atoms with Crippen molar-refractivity contribution in [3.8, 4) is 5.75 Å². The molecule has 2 aromatic carbocycles. The monoisotopic (exact) mass is 390 g/mol. The van der Waals surface area contributed by atoms with Gasteiger partial charge in [0.25, 0.3) is 11.8 Å². The van der Waals surface area contributed by atoms with Gasteiger partial charge in [0.1, 0.15) is 17.1 Å². The summed E-state index contributed by atoms with van der Waals surface area (Å²) in [6, 6.07) is 13.8. The molecule has 0 spiro atoms. The van der Waals surface area contributed by atoms with E-state index < -0.39 is 17.8 Å². The van der Waals surface area contributed by atoms with Crippen LogP contribution in [0.1, 0.15) is 18.2 Å². The van der Waals surface area contributed by atoms with Crippen molar-refractivity contribution >= 4 is 34.7 Å². The fourth-order valence-electron chi connectivity index (χ4n) is 3.25. The summed E-state index contributed by atoms with van der Waals surface area (Å²) in [6.07, 6.45) is 2.93. The minimum absolute atomic E-state index is 0.0733. The van der Waals surface area contributed by atoms with Crippen molar-refractivity contribution in [3.05, 3.63) is 71.7 Å². The molecule has 1 N–H and O–H groups in total. The second-order valence-electron chi connectivity index (χ2n) is 6.42. The van der Waals surface area contributed by atoms with Crippen molar-refractivity contribution in [3.63, 3.8) is 0 Å². The van der Waals surface area contributed by atoms with Crippen LogP contribution in [0, 0.1) is 0 Å². The number of hydrogen-bond donors (Lipinski definition) is 1. The maximum absolute atomic E-state index is 13.0. The van der Waals surface area contributed by atoms with E-state index in [4.69, 9.17) is 9.15 Å². The van der Waals surface area contributed by atoms with Crippen LogP contribution >= 0.6 is 0 Å². The van der Waals surface area contributed by atoms with Gasteiger partial charge in [-0.3, -0.25) is 19.8 Å². The normalized spacial score (nSPS) is 15.8. The van der Waals surface area contributed by atoms with E-state index in [1.54, 1.807) is 18.2 Å². The predicted molar refractivity (Wildman–Crippen MR) is 106 cm³/mol. The standard InChI is InChI=1S/C22H18N2O5/c1-2-28-19-10-9-14-6-3-4-8-16(14)17(19)12-18-20(25)23-22(27)24(21(18)26)13-15-7-5-11-29-15/h3-12H,2,13H2,1H3,(H,23,25,27)/b18-12-. The van der Waals surface area contributed by atoms with Crippen LogP contribution in [0.25, 0.3) is 16.8 Å². The smallest absolute Gasteiger partial charge is 0.331 e. The number of benzene rings is 2. The topological polar surface area (TPSA) is 88.8 Å². The molecule has 0 bridgehead atoms. The predicted octanol–water partition coefficient (Wildman–Crippen LogP) is 3.49. The van der Waals surface area contributed by atoms with Crippen molar-refractivity contribution in [2.45, 2.75) is 13.5 Å². The molecule has 7 heteroatoms. The zero-order chi connectivity index (χ0) is 20.4. The number of carbonyl (C=O) groups excluding carboxylic acids is 3. The first-order valence-electron chi connectivity index (χ1n) is 9.14. The van der Waals surface area contributed by atoms with Gasteiger partial charge in [0.15, 0.2) is 0 Å². The molecule has 1 saturated heterocycles. The lowest BCUT2D eigenvalue weighted by Crippen LogP contribution is -2.53. The van der Waals surface area contributed by atoms with Crippen LogP contribution in [0.2, 0.25) is 0 Å². The summed E-state index contributed by atoms with van der Waals surface area (Å²) in [5.41, 5.74) is 0.462. The Hall–Kier alpha value is -3.87. The molecule has 1 aliphatic heterocycles. The molecule has 4 amide bonds. The third-order valence-electron chi connectivity index (χ3n) is 4.60. The molecule has 0 aliphatic carbocycles. The summed E-state index contributed by atoms with van der Waals surface area (Å²) >= 11 is 0. The van der Waals surface area contributed by atoms with E-state index in [9.17, 15) is 14.4 Å². The summed E-state index contributed by atoms with van der Waals surface area (Å²) in [7, 11) is 0. The Balaban J connectivity index is 1.80. The Bertz CT molecular complexity index is 1130. The molecule has 0 radical (unpaired) electrons. The van der Waals surface area contributed by atoms with E-state index in [0.717, 1.165) is 15.7 Å². The summed E-state index contributed by atoms with van der Waals surface area (Å²) in [5.74, 6) is -0.451. The molecule has 146 valence electrons. The molecule has 0 saturated carbocycles. The Kier molecular flexibility index (Phi) is 4.87. The van der Waals surface area contributed by atoms with Crippen LogP contribution in [-0.4, -0.2) is 29.4 Å². The third kappa shape index (κ3) is 3.50. The fraction of sp³-hybridized carbons (Fsp3) is 0.136. The van der Waals surface area contributed by atoms with Crippen molar-refractivity contribution in [2.24, 2.45) is 0 Å². The second kappa shape index (κ2) is 7.63. The van der Waals surface area contributed by atoms with Gasteiger partial charge in [-0.25, -0.2) is 4.79 Å². The first-order valence-corrected chi connectivity index (χ1v) is 9.14.